The molecule has 0 rings (SSSR count). The third kappa shape index (κ3) is 25400. The van der Waals surface area contributed by atoms with Gasteiger partial charge < -0.3 is 0 Å². The van der Waals surface area contributed by atoms with Gasteiger partial charge in [-0.25, -0.2) is 0 Å². The number of hydrogen-bond donors (Lipinski definition) is 0. The molecule has 0 aliphatic carbocycles. The number of hydrogen-bond acceptors (Lipinski definition) is 0. The van der Waals surface area contributed by atoms with Gasteiger partial charge in [0.25, 0.3) is 0 Å². The third-order valence-electron chi connectivity index (χ3n) is 0. The molecule has 0 fully saturated rings. The quantitative estimate of drug-likeness (QED) is 0.438. The van der Waals surface area contributed by atoms with Gasteiger partial charge in [0.15, 0.2) is 0 Å². The van der Waals surface area contributed by atoms with Gasteiger partial charge in [0.05, 0.1) is 0 Å². The Labute approximate surface area is 37.4 Å². The monoisotopic (exact) mass is 168 g/mol. The molecule has 0 radical (unpaired) electrons. The molecule has 0 heterocycles. The summed E-state index contributed by atoms with van der Waals surface area (Å²) in [6, 6.07) is 0. The van der Waals surface area contributed by atoms with E-state index in [1.165, 1.54) is 0 Å². The van der Waals surface area contributed by atoms with Crippen molar-refractivity contribution in [2.45, 2.75) is 0 Å². The number of rotatable bonds is 0. The van der Waals surface area contributed by atoms with Gasteiger partial charge in [0.1, 0.15) is 0 Å². The molecule has 0 aliphatic heterocycles. The van der Waals surface area contributed by atoms with E-state index in [1.807, 2.05) is 0 Å². The molecule has 0 saturated carbocycles. The molecule has 6 heavy (non-hydrogen) atoms. The zero-order valence-corrected chi connectivity index (χ0v) is 5.95. The summed E-state index contributed by atoms with van der Waals surface area (Å²) in [6.07, 6.45) is 0. The first-order chi connectivity index (χ1) is 2.24. The van der Waals surface area contributed by atoms with E-state index in [9.17, 15) is 0 Å². The second-order valence-corrected chi connectivity index (χ2v) is 12.1. The Bertz CT molecular complexity index is 274. The average molecular weight is 166 g/mol. The van der Waals surface area contributed by atoms with E-state index in [-0.39, 0.29) is 0 Å². The summed E-state index contributed by atoms with van der Waals surface area (Å²) >= 11 is -2.87. The van der Waals surface area contributed by atoms with E-state index in [2.05, 4.69) is 24.5 Å². The van der Waals surface area contributed by atoms with Crippen molar-refractivity contribution in [3.8, 4) is 0 Å². The molecule has 0 aromatic heterocycles. The average Bonchev–Trinajstić information content (AvgIpc) is 0.650. The molecular formula is C5H10Mo. The Balaban J connectivity index is 7.45. The van der Waals surface area contributed by atoms with Gasteiger partial charge in [-0.05, 0) is 0 Å². The summed E-state index contributed by atoms with van der Waals surface area (Å²) in [5.41, 5.74) is 0. The molecular weight excluding hydrogens is 156 g/mol. The molecule has 0 aliphatic rings. The van der Waals surface area contributed by atoms with Crippen LogP contribution in [0.15, 0.2) is 0 Å². The van der Waals surface area contributed by atoms with Gasteiger partial charge >= 0.3 is 37.0 Å². The summed E-state index contributed by atoms with van der Waals surface area (Å²) in [6.45, 7) is 0. The second-order valence-electron chi connectivity index (χ2n) is 2.04. The zero-order valence-electron chi connectivity index (χ0n) is 3.94. The fourth-order valence-corrected chi connectivity index (χ4v) is 0. The Morgan fingerprint density at radius 2 is 0.667 bits per heavy atom. The Morgan fingerprint density at radius 3 is 0.667 bits per heavy atom. The summed E-state index contributed by atoms with van der Waals surface area (Å²) < 4.78 is 0. The second kappa shape index (κ2) is 0.815. The van der Waals surface area contributed by atoms with Crippen LogP contribution in [-0.2, 0) is 12.5 Å². The maximum absolute atomic E-state index is 3.65. The van der Waals surface area contributed by atoms with Crippen LogP contribution in [0, 0.1) is 0 Å². The molecule has 36 valence electrons. The Hall–Kier alpha value is 0.0383. The fourth-order valence-electron chi connectivity index (χ4n) is 0. The summed E-state index contributed by atoms with van der Waals surface area (Å²) in [7, 11) is 0. The summed E-state index contributed by atoms with van der Waals surface area (Å²) in [5, 5.41) is 0. The molecule has 0 saturated heterocycles. The molecule has 0 aromatic carbocycles. The summed E-state index contributed by atoms with van der Waals surface area (Å²) in [4.78, 5) is 18.3. The van der Waals surface area contributed by atoms with Crippen LogP contribution in [-0.4, -0.2) is 24.5 Å². The van der Waals surface area contributed by atoms with Crippen LogP contribution in [0.2, 0.25) is 0 Å². The summed E-state index contributed by atoms with van der Waals surface area (Å²) in [5.74, 6) is 0. The molecule has 0 bridgehead atoms. The van der Waals surface area contributed by atoms with Gasteiger partial charge in [0, 0.05) is 0 Å². The van der Waals surface area contributed by atoms with Crippen LogP contribution >= 0.6 is 0 Å². The normalized spacial score (nSPS) is 10.0. The molecule has 0 N–H and O–H groups in total. The van der Waals surface area contributed by atoms with Crippen molar-refractivity contribution in [1.29, 1.82) is 0 Å². The van der Waals surface area contributed by atoms with E-state index in [1.54, 1.807) is 0 Å². The molecule has 0 aromatic rings. The zero-order chi connectivity index (χ0) is 5.45. The predicted molar refractivity (Wildman–Crippen MR) is 35.6 cm³/mol. The fraction of sp³-hybridized carbons (Fsp3) is 0. The van der Waals surface area contributed by atoms with Crippen molar-refractivity contribution in [3.05, 3.63) is 0 Å². The van der Waals surface area contributed by atoms with Crippen molar-refractivity contribution < 1.29 is 12.5 Å². The first kappa shape index (κ1) is 6.04. The van der Waals surface area contributed by atoms with Crippen molar-refractivity contribution in [1.82, 2.24) is 0 Å². The maximum atomic E-state index is 3.65. The third-order valence-corrected chi connectivity index (χ3v) is 0. The van der Waals surface area contributed by atoms with Crippen molar-refractivity contribution in [2.24, 2.45) is 0 Å². The van der Waals surface area contributed by atoms with Crippen LogP contribution in [0.1, 0.15) is 0 Å². The van der Waals surface area contributed by atoms with Crippen LogP contribution < -0.4 is 0 Å². The minimum absolute atomic E-state index is 2.87. The molecule has 0 unspecified atom stereocenters. The van der Waals surface area contributed by atoms with Crippen molar-refractivity contribution in [2.75, 3.05) is 0 Å². The Kier molecular flexibility index (Phi) is 0.821. The van der Waals surface area contributed by atoms with Crippen LogP contribution in [0.25, 0.3) is 0 Å². The molecule has 0 atom stereocenters. The Morgan fingerprint density at radius 1 is 0.667 bits per heavy atom. The topological polar surface area (TPSA) is 0 Å². The molecule has 0 amide bonds. The standard InChI is InChI=1S/5CH2.Mo/h5*1H2;. The van der Waals surface area contributed by atoms with Crippen LogP contribution in [0.4, 0.5) is 0 Å². The van der Waals surface area contributed by atoms with Gasteiger partial charge in [-0.2, -0.15) is 0 Å². The first-order valence-electron chi connectivity index (χ1n) is 1.44. The van der Waals surface area contributed by atoms with Crippen molar-refractivity contribution in [3.63, 3.8) is 0 Å². The van der Waals surface area contributed by atoms with Crippen LogP contribution in [0.5, 0.6) is 0 Å². The molecule has 0 spiro atoms. The van der Waals surface area contributed by atoms with E-state index < -0.39 is 12.5 Å². The van der Waals surface area contributed by atoms with E-state index in [0.29, 0.717) is 0 Å². The van der Waals surface area contributed by atoms with Gasteiger partial charge in [-0.15, -0.1) is 0 Å². The van der Waals surface area contributed by atoms with Gasteiger partial charge in [0.2, 0.25) is 0 Å². The predicted octanol–water partition coefficient (Wildman–Crippen LogP) is -0.164. The van der Waals surface area contributed by atoms with Gasteiger partial charge in [-0.1, -0.05) is 0 Å². The van der Waals surface area contributed by atoms with E-state index >= 15 is 0 Å². The van der Waals surface area contributed by atoms with Gasteiger partial charge in [-0.3, -0.25) is 0 Å². The van der Waals surface area contributed by atoms with Crippen molar-refractivity contribution >= 4 is 24.5 Å². The minimum atomic E-state index is -2.87. The van der Waals surface area contributed by atoms with E-state index in [4.69, 9.17) is 0 Å². The van der Waals surface area contributed by atoms with Crippen LogP contribution in [0.3, 0.4) is 0 Å². The van der Waals surface area contributed by atoms with E-state index in [0.717, 1.165) is 0 Å². The first-order valence-corrected chi connectivity index (χ1v) is 8.54. The molecule has 1 heteroatoms. The SMILES string of the molecule is [CH2]=[Mo](=[CH2])(=[CH2])(=[CH2])=[CH2]. The molecule has 0 nitrogen and oxygen atoms in total.